The highest BCUT2D eigenvalue weighted by Crippen LogP contribution is 2.30. The fourth-order valence-electron chi connectivity index (χ4n) is 2.92. The third-order valence-corrected chi connectivity index (χ3v) is 7.73. The van der Waals surface area contributed by atoms with Crippen molar-refractivity contribution < 1.29 is 17.6 Å². The van der Waals surface area contributed by atoms with E-state index in [0.717, 1.165) is 0 Å². The zero-order chi connectivity index (χ0) is 15.6. The summed E-state index contributed by atoms with van der Waals surface area (Å²) in [6, 6.07) is 3.35. The van der Waals surface area contributed by atoms with Crippen molar-refractivity contribution in [1.29, 1.82) is 0 Å². The van der Waals surface area contributed by atoms with E-state index in [-0.39, 0.29) is 11.7 Å². The predicted molar refractivity (Wildman–Crippen MR) is 86.4 cm³/mol. The van der Waals surface area contributed by atoms with E-state index < -0.39 is 15.1 Å². The maximum atomic E-state index is 12.2. The first kappa shape index (κ1) is 15.9. The molecule has 1 aliphatic heterocycles. The molecule has 5 nitrogen and oxygen atoms in total. The van der Waals surface area contributed by atoms with E-state index in [1.165, 1.54) is 31.9 Å². The van der Waals surface area contributed by atoms with E-state index in [1.54, 1.807) is 28.8 Å². The van der Waals surface area contributed by atoms with Crippen molar-refractivity contribution in [3.8, 4) is 0 Å². The molecule has 1 aromatic heterocycles. The molecule has 1 saturated carbocycles. The Labute approximate surface area is 135 Å². The van der Waals surface area contributed by atoms with Gasteiger partial charge in [-0.05, 0) is 25.0 Å². The van der Waals surface area contributed by atoms with Crippen LogP contribution in [0.2, 0.25) is 0 Å². The number of carbonyl (C=O) groups excluding carboxylic acids is 1. The number of sulfone groups is 1. The van der Waals surface area contributed by atoms with E-state index in [4.69, 9.17) is 4.42 Å². The molecule has 2 heterocycles. The Morgan fingerprint density at radius 1 is 1.32 bits per heavy atom. The van der Waals surface area contributed by atoms with Gasteiger partial charge in [0.05, 0.1) is 17.3 Å². The third-order valence-electron chi connectivity index (χ3n) is 4.38. The average Bonchev–Trinajstić information content (AvgIpc) is 3.06. The van der Waals surface area contributed by atoms with Crippen LogP contribution < -0.4 is 0 Å². The number of hydrogen-bond acceptors (Lipinski definition) is 5. The molecule has 0 N–H and O–H groups in total. The molecule has 0 radical (unpaired) electrons. The van der Waals surface area contributed by atoms with Crippen LogP contribution in [-0.2, 0) is 20.4 Å². The van der Waals surface area contributed by atoms with Gasteiger partial charge in [-0.2, -0.15) is 0 Å². The summed E-state index contributed by atoms with van der Waals surface area (Å²) >= 11 is 1.73. The minimum atomic E-state index is -3.24. The molecule has 0 bridgehead atoms. The van der Waals surface area contributed by atoms with Crippen LogP contribution in [0.15, 0.2) is 22.8 Å². The molecule has 2 aliphatic rings. The lowest BCUT2D eigenvalue weighted by Gasteiger charge is -2.38. The molecule has 0 spiro atoms. The topological polar surface area (TPSA) is 67.6 Å². The number of likely N-dealkylation sites (tertiary alicyclic amines) is 1. The molecule has 0 aromatic carbocycles. The Morgan fingerprint density at radius 3 is 2.68 bits per heavy atom. The molecular formula is C15H21NO4S2. The Morgan fingerprint density at radius 2 is 2.05 bits per heavy atom. The van der Waals surface area contributed by atoms with Gasteiger partial charge in [-0.3, -0.25) is 4.79 Å². The summed E-state index contributed by atoms with van der Waals surface area (Å²) in [6.45, 7) is 0.653. The minimum Gasteiger partial charge on any atom is -0.468 e. The van der Waals surface area contributed by atoms with Gasteiger partial charge < -0.3 is 9.32 Å². The van der Waals surface area contributed by atoms with Crippen LogP contribution >= 0.6 is 11.8 Å². The second-order valence-corrected chi connectivity index (χ2v) is 9.59. The quantitative estimate of drug-likeness (QED) is 0.791. The van der Waals surface area contributed by atoms with Crippen LogP contribution in [-0.4, -0.2) is 48.6 Å². The summed E-state index contributed by atoms with van der Waals surface area (Å²) in [5.41, 5.74) is 0. The standard InChI is InChI=1S/C15H21NO4S2/c17-15(10-21-13-5-1-2-6-13)16-8-14(9-16)22(18,19)11-12-4-3-7-20-12/h3-4,7,13-14H,1-2,5-6,8-11H2. The average molecular weight is 343 g/mol. The first-order chi connectivity index (χ1) is 10.5. The van der Waals surface area contributed by atoms with Gasteiger partial charge in [-0.25, -0.2) is 8.42 Å². The van der Waals surface area contributed by atoms with Gasteiger partial charge in [0.2, 0.25) is 5.91 Å². The van der Waals surface area contributed by atoms with Crippen molar-refractivity contribution >= 4 is 27.5 Å². The zero-order valence-corrected chi connectivity index (χ0v) is 14.1. The molecule has 22 heavy (non-hydrogen) atoms. The fraction of sp³-hybridized carbons (Fsp3) is 0.667. The first-order valence-electron chi connectivity index (χ1n) is 7.68. The Kier molecular flexibility index (Phi) is 4.82. The van der Waals surface area contributed by atoms with Gasteiger partial charge >= 0.3 is 0 Å². The summed E-state index contributed by atoms with van der Waals surface area (Å²) in [4.78, 5) is 13.7. The molecule has 2 fully saturated rings. The van der Waals surface area contributed by atoms with E-state index >= 15 is 0 Å². The van der Waals surface area contributed by atoms with Crippen LogP contribution in [0.1, 0.15) is 31.4 Å². The fourth-order valence-corrected chi connectivity index (χ4v) is 5.75. The van der Waals surface area contributed by atoms with Gasteiger partial charge in [0.15, 0.2) is 9.84 Å². The highest BCUT2D eigenvalue weighted by Gasteiger charge is 2.39. The SMILES string of the molecule is O=C(CSC1CCCC1)N1CC(S(=O)(=O)Cc2ccco2)C1. The van der Waals surface area contributed by atoms with E-state index in [0.29, 0.717) is 29.9 Å². The smallest absolute Gasteiger partial charge is 0.232 e. The summed E-state index contributed by atoms with van der Waals surface area (Å²) < 4.78 is 29.5. The van der Waals surface area contributed by atoms with E-state index in [2.05, 4.69) is 0 Å². The number of amides is 1. The van der Waals surface area contributed by atoms with Crippen molar-refractivity contribution in [2.24, 2.45) is 0 Å². The Bertz CT molecular complexity index is 599. The maximum absolute atomic E-state index is 12.2. The lowest BCUT2D eigenvalue weighted by Crippen LogP contribution is -2.57. The van der Waals surface area contributed by atoms with Crippen LogP contribution in [0.4, 0.5) is 0 Å². The highest BCUT2D eigenvalue weighted by molar-refractivity contribution is 8.00. The second-order valence-electron chi connectivity index (χ2n) is 6.02. The van der Waals surface area contributed by atoms with Crippen LogP contribution in [0.3, 0.4) is 0 Å². The summed E-state index contributed by atoms with van der Waals surface area (Å²) in [5, 5.41) is 0.168. The number of rotatable bonds is 6. The lowest BCUT2D eigenvalue weighted by molar-refractivity contribution is -0.131. The molecule has 3 rings (SSSR count). The zero-order valence-electron chi connectivity index (χ0n) is 12.4. The van der Waals surface area contributed by atoms with Crippen molar-refractivity contribution in [3.63, 3.8) is 0 Å². The maximum Gasteiger partial charge on any atom is 0.232 e. The van der Waals surface area contributed by atoms with Crippen LogP contribution in [0.25, 0.3) is 0 Å². The van der Waals surface area contributed by atoms with Gasteiger partial charge in [-0.1, -0.05) is 12.8 Å². The lowest BCUT2D eigenvalue weighted by atomic mass is 10.2. The van der Waals surface area contributed by atoms with E-state index in [9.17, 15) is 13.2 Å². The van der Waals surface area contributed by atoms with Crippen molar-refractivity contribution in [2.45, 2.75) is 41.9 Å². The Balaban J connectivity index is 1.43. The monoisotopic (exact) mass is 343 g/mol. The van der Waals surface area contributed by atoms with Crippen LogP contribution in [0.5, 0.6) is 0 Å². The number of nitrogens with zero attached hydrogens (tertiary/aromatic N) is 1. The molecule has 1 aromatic rings. The molecule has 122 valence electrons. The molecule has 1 aliphatic carbocycles. The minimum absolute atomic E-state index is 0.0707. The molecule has 1 amide bonds. The largest absolute Gasteiger partial charge is 0.468 e. The van der Waals surface area contributed by atoms with Gasteiger partial charge in [0, 0.05) is 18.3 Å². The highest BCUT2D eigenvalue weighted by atomic mass is 32.2. The van der Waals surface area contributed by atoms with Gasteiger partial charge in [0.1, 0.15) is 11.5 Å². The number of carbonyl (C=O) groups is 1. The van der Waals surface area contributed by atoms with Crippen LogP contribution in [0, 0.1) is 0 Å². The summed E-state index contributed by atoms with van der Waals surface area (Å²) in [6.07, 6.45) is 6.42. The van der Waals surface area contributed by atoms with Crippen molar-refractivity contribution in [2.75, 3.05) is 18.8 Å². The summed E-state index contributed by atoms with van der Waals surface area (Å²) in [7, 11) is -3.24. The molecule has 0 unspecified atom stereocenters. The Hall–Kier alpha value is -0.950. The second kappa shape index (κ2) is 6.66. The van der Waals surface area contributed by atoms with Crippen molar-refractivity contribution in [3.05, 3.63) is 24.2 Å². The predicted octanol–water partition coefficient (Wildman–Crippen LogP) is 2.08. The molecular weight excluding hydrogens is 322 g/mol. The molecule has 1 saturated heterocycles. The number of furan rings is 1. The normalized spacial score (nSPS) is 20.3. The number of thioether (sulfide) groups is 1. The van der Waals surface area contributed by atoms with Gasteiger partial charge in [-0.15, -0.1) is 11.8 Å². The number of hydrogen-bond donors (Lipinski definition) is 0. The van der Waals surface area contributed by atoms with Crippen molar-refractivity contribution in [1.82, 2.24) is 4.90 Å². The molecule has 7 heteroatoms. The third kappa shape index (κ3) is 3.68. The first-order valence-corrected chi connectivity index (χ1v) is 10.4. The summed E-state index contributed by atoms with van der Waals surface area (Å²) in [5.74, 6) is 0.932. The van der Waals surface area contributed by atoms with Gasteiger partial charge in [0.25, 0.3) is 0 Å². The van der Waals surface area contributed by atoms with E-state index in [1.807, 2.05) is 0 Å². The molecule has 0 atom stereocenters.